The van der Waals surface area contributed by atoms with Crippen LogP contribution in [0.25, 0.3) is 0 Å². The van der Waals surface area contributed by atoms with E-state index in [1.165, 1.54) is 5.56 Å². The molecule has 1 atom stereocenters. The number of hydrogen-bond donors (Lipinski definition) is 1. The van der Waals surface area contributed by atoms with Crippen LogP contribution in [0.2, 0.25) is 0 Å². The smallest absolute Gasteiger partial charge is 0.315 e. The van der Waals surface area contributed by atoms with Gasteiger partial charge < -0.3 is 9.84 Å². The first-order chi connectivity index (χ1) is 10.6. The van der Waals surface area contributed by atoms with Gasteiger partial charge in [-0.2, -0.15) is 0 Å². The van der Waals surface area contributed by atoms with E-state index in [2.05, 4.69) is 28.9 Å². The molecule has 0 radical (unpaired) electrons. The summed E-state index contributed by atoms with van der Waals surface area (Å²) in [5, 5.41) is 8.60. The van der Waals surface area contributed by atoms with Gasteiger partial charge in [-0.1, -0.05) is 42.2 Å². The molecule has 0 saturated heterocycles. The number of ether oxygens (including phenoxy) is 1. The molecule has 1 aromatic carbocycles. The van der Waals surface area contributed by atoms with Crippen LogP contribution in [0.1, 0.15) is 37.3 Å². The van der Waals surface area contributed by atoms with Crippen LogP contribution in [0.3, 0.4) is 0 Å². The molecule has 120 valence electrons. The van der Waals surface area contributed by atoms with E-state index >= 15 is 0 Å². The third-order valence-corrected chi connectivity index (χ3v) is 3.49. The number of unbranched alkanes of at least 4 members (excludes halogenated alkanes) is 1. The first-order valence-electron chi connectivity index (χ1n) is 7.56. The zero-order chi connectivity index (χ0) is 16.2. The van der Waals surface area contributed by atoms with Gasteiger partial charge in [-0.3, -0.25) is 9.69 Å². The zero-order valence-electron chi connectivity index (χ0n) is 13.4. The summed E-state index contributed by atoms with van der Waals surface area (Å²) in [5.41, 5.74) is 1.27. The van der Waals surface area contributed by atoms with Gasteiger partial charge in [-0.05, 0) is 31.9 Å². The Hall–Kier alpha value is -1.83. The standard InChI is InChI=1S/C18H25NO3/c1-19(14-8-6-13-18(20)21)17(12-7-9-15-22-2)16-10-4-3-5-11-16/h3-5,10-11,17H,7,9,12-15H2,1-2H3,(H,20,21). The first kappa shape index (κ1) is 18.2. The minimum atomic E-state index is -0.880. The monoisotopic (exact) mass is 303 g/mol. The third-order valence-electron chi connectivity index (χ3n) is 3.49. The summed E-state index contributed by atoms with van der Waals surface area (Å²) in [6, 6.07) is 10.6. The second-order valence-electron chi connectivity index (χ2n) is 5.25. The molecule has 1 N–H and O–H groups in total. The van der Waals surface area contributed by atoms with Crippen LogP contribution in [0.4, 0.5) is 0 Å². The fourth-order valence-corrected chi connectivity index (χ4v) is 2.33. The Kier molecular flexibility index (Phi) is 8.97. The van der Waals surface area contributed by atoms with Gasteiger partial charge in [-0.15, -0.1) is 0 Å². The molecule has 0 aromatic heterocycles. The van der Waals surface area contributed by atoms with E-state index in [0.717, 1.165) is 25.9 Å². The number of benzene rings is 1. The van der Waals surface area contributed by atoms with Crippen molar-refractivity contribution in [3.8, 4) is 11.8 Å². The number of aliphatic carboxylic acids is 1. The van der Waals surface area contributed by atoms with Gasteiger partial charge in [0.2, 0.25) is 0 Å². The molecule has 0 aliphatic heterocycles. The summed E-state index contributed by atoms with van der Waals surface area (Å²) in [6.45, 7) is 1.35. The van der Waals surface area contributed by atoms with Crippen molar-refractivity contribution < 1.29 is 14.6 Å². The normalized spacial score (nSPS) is 11.8. The second kappa shape index (κ2) is 10.8. The maximum atomic E-state index is 10.5. The van der Waals surface area contributed by atoms with Crippen LogP contribution in [-0.2, 0) is 9.53 Å². The number of carbonyl (C=O) groups is 1. The quantitative estimate of drug-likeness (QED) is 0.563. The molecule has 4 heteroatoms. The van der Waals surface area contributed by atoms with Crippen molar-refractivity contribution in [3.05, 3.63) is 35.9 Å². The Balaban J connectivity index is 2.63. The molecular formula is C18H25NO3. The Morgan fingerprint density at radius 1 is 1.27 bits per heavy atom. The lowest BCUT2D eigenvalue weighted by atomic mass is 10.00. The number of methoxy groups -OCH3 is 1. The van der Waals surface area contributed by atoms with Crippen LogP contribution in [0.15, 0.2) is 30.3 Å². The molecule has 1 rings (SSSR count). The molecule has 1 aromatic rings. The highest BCUT2D eigenvalue weighted by Gasteiger charge is 2.15. The van der Waals surface area contributed by atoms with Gasteiger partial charge in [-0.25, -0.2) is 0 Å². The van der Waals surface area contributed by atoms with Gasteiger partial charge in [0, 0.05) is 19.8 Å². The van der Waals surface area contributed by atoms with E-state index in [-0.39, 0.29) is 12.5 Å². The third kappa shape index (κ3) is 7.26. The Labute approximate surface area is 133 Å². The summed E-state index contributed by atoms with van der Waals surface area (Å²) >= 11 is 0. The first-order valence-corrected chi connectivity index (χ1v) is 7.56. The summed E-state index contributed by atoms with van der Waals surface area (Å²) in [5.74, 6) is 4.75. The number of carboxylic acids is 1. The van der Waals surface area contributed by atoms with E-state index in [1.54, 1.807) is 7.11 Å². The molecule has 0 aliphatic carbocycles. The van der Waals surface area contributed by atoms with E-state index in [1.807, 2.05) is 25.2 Å². The van der Waals surface area contributed by atoms with Gasteiger partial charge in [0.05, 0.1) is 6.54 Å². The molecule has 4 nitrogen and oxygen atoms in total. The second-order valence-corrected chi connectivity index (χ2v) is 5.25. The zero-order valence-corrected chi connectivity index (χ0v) is 13.4. The number of nitrogens with zero attached hydrogens (tertiary/aromatic N) is 1. The highest BCUT2D eigenvalue weighted by molar-refractivity contribution is 5.69. The number of hydrogen-bond acceptors (Lipinski definition) is 3. The van der Waals surface area contributed by atoms with Crippen molar-refractivity contribution in [2.75, 3.05) is 27.3 Å². The SMILES string of the molecule is COCCCCC(c1ccccc1)N(C)CC#CCC(=O)O. The van der Waals surface area contributed by atoms with E-state index in [4.69, 9.17) is 9.84 Å². The van der Waals surface area contributed by atoms with Crippen molar-refractivity contribution in [2.45, 2.75) is 31.7 Å². The predicted molar refractivity (Wildman–Crippen MR) is 87.6 cm³/mol. The number of rotatable bonds is 9. The van der Waals surface area contributed by atoms with E-state index < -0.39 is 5.97 Å². The molecule has 22 heavy (non-hydrogen) atoms. The molecular weight excluding hydrogens is 278 g/mol. The summed E-state index contributed by atoms with van der Waals surface area (Å²) in [4.78, 5) is 12.7. The molecule has 0 saturated carbocycles. The molecule has 0 heterocycles. The molecule has 0 amide bonds. The average molecular weight is 303 g/mol. The van der Waals surface area contributed by atoms with Crippen LogP contribution >= 0.6 is 0 Å². The van der Waals surface area contributed by atoms with Crippen LogP contribution in [0.5, 0.6) is 0 Å². The van der Waals surface area contributed by atoms with Gasteiger partial charge in [0.1, 0.15) is 6.42 Å². The lowest BCUT2D eigenvalue weighted by Gasteiger charge is -2.27. The van der Waals surface area contributed by atoms with Crippen molar-refractivity contribution in [1.29, 1.82) is 0 Å². The minimum Gasteiger partial charge on any atom is -0.481 e. The van der Waals surface area contributed by atoms with Gasteiger partial charge in [0.25, 0.3) is 0 Å². The average Bonchev–Trinajstić information content (AvgIpc) is 2.52. The molecule has 0 fully saturated rings. The fourth-order valence-electron chi connectivity index (χ4n) is 2.33. The van der Waals surface area contributed by atoms with Crippen LogP contribution < -0.4 is 0 Å². The lowest BCUT2D eigenvalue weighted by molar-refractivity contribution is -0.135. The summed E-state index contributed by atoms with van der Waals surface area (Å²) in [6.07, 6.45) is 3.06. The fraction of sp³-hybridized carbons (Fsp3) is 0.500. The van der Waals surface area contributed by atoms with Crippen molar-refractivity contribution in [2.24, 2.45) is 0 Å². The molecule has 0 aliphatic rings. The lowest BCUT2D eigenvalue weighted by Crippen LogP contribution is -2.25. The van der Waals surface area contributed by atoms with Gasteiger partial charge in [0.15, 0.2) is 0 Å². The maximum Gasteiger partial charge on any atom is 0.315 e. The van der Waals surface area contributed by atoms with Crippen molar-refractivity contribution >= 4 is 5.97 Å². The van der Waals surface area contributed by atoms with Crippen LogP contribution in [0, 0.1) is 11.8 Å². The molecule has 0 spiro atoms. The topological polar surface area (TPSA) is 49.8 Å². The summed E-state index contributed by atoms with van der Waals surface area (Å²) < 4.78 is 5.10. The minimum absolute atomic E-state index is 0.0995. The van der Waals surface area contributed by atoms with E-state index in [0.29, 0.717) is 6.54 Å². The van der Waals surface area contributed by atoms with E-state index in [9.17, 15) is 4.79 Å². The van der Waals surface area contributed by atoms with Crippen molar-refractivity contribution in [1.82, 2.24) is 4.90 Å². The number of carboxylic acid groups (broad SMARTS) is 1. The van der Waals surface area contributed by atoms with Gasteiger partial charge >= 0.3 is 5.97 Å². The van der Waals surface area contributed by atoms with Crippen LogP contribution in [-0.4, -0.2) is 43.3 Å². The molecule has 0 bridgehead atoms. The predicted octanol–water partition coefficient (Wildman–Crippen LogP) is 2.95. The van der Waals surface area contributed by atoms with Crippen molar-refractivity contribution in [3.63, 3.8) is 0 Å². The molecule has 1 unspecified atom stereocenters. The Morgan fingerprint density at radius 2 is 2.00 bits per heavy atom. The largest absolute Gasteiger partial charge is 0.481 e. The Bertz CT molecular complexity index is 490. The maximum absolute atomic E-state index is 10.5. The highest BCUT2D eigenvalue weighted by Crippen LogP contribution is 2.24. The Morgan fingerprint density at radius 3 is 2.64 bits per heavy atom. The summed E-state index contributed by atoms with van der Waals surface area (Å²) in [7, 11) is 3.75. The highest BCUT2D eigenvalue weighted by atomic mass is 16.5.